The van der Waals surface area contributed by atoms with Crippen LogP contribution >= 0.6 is 11.3 Å². The van der Waals surface area contributed by atoms with Gasteiger partial charge in [-0.3, -0.25) is 4.79 Å². The minimum absolute atomic E-state index is 0.124. The standard InChI is InChI=1S/C13H16N2OS/c1-15(13(16)7-4-8-14)11-9-17-12-6-3-2-5-10(11)12/h2-3,5-6,9H,4,7-8,14H2,1H3. The number of fused-ring (bicyclic) bond motifs is 1. The topological polar surface area (TPSA) is 46.3 Å². The molecule has 4 heteroatoms. The Labute approximate surface area is 105 Å². The van der Waals surface area contributed by atoms with Gasteiger partial charge in [0.1, 0.15) is 0 Å². The molecule has 0 radical (unpaired) electrons. The van der Waals surface area contributed by atoms with Crippen LogP contribution in [0.15, 0.2) is 29.6 Å². The Bertz CT molecular complexity index is 521. The van der Waals surface area contributed by atoms with E-state index in [1.165, 1.54) is 4.70 Å². The van der Waals surface area contributed by atoms with Gasteiger partial charge in [0.2, 0.25) is 5.91 Å². The summed E-state index contributed by atoms with van der Waals surface area (Å²) in [6.45, 7) is 0.559. The molecule has 0 fully saturated rings. The molecule has 2 aromatic rings. The number of hydrogen-bond acceptors (Lipinski definition) is 3. The van der Waals surface area contributed by atoms with Crippen LogP contribution in [0.4, 0.5) is 5.69 Å². The molecule has 0 spiro atoms. The number of nitrogens with two attached hydrogens (primary N) is 1. The first-order valence-corrected chi connectivity index (χ1v) is 6.55. The third-order valence-corrected chi connectivity index (χ3v) is 3.74. The van der Waals surface area contributed by atoms with E-state index >= 15 is 0 Å². The summed E-state index contributed by atoms with van der Waals surface area (Å²) >= 11 is 1.66. The van der Waals surface area contributed by atoms with Crippen LogP contribution in [0.25, 0.3) is 10.1 Å². The maximum Gasteiger partial charge on any atom is 0.226 e. The van der Waals surface area contributed by atoms with Crippen molar-refractivity contribution in [3.05, 3.63) is 29.6 Å². The van der Waals surface area contributed by atoms with Gasteiger partial charge in [-0.05, 0) is 19.0 Å². The molecule has 0 aliphatic rings. The average Bonchev–Trinajstić information content (AvgIpc) is 2.78. The van der Waals surface area contributed by atoms with Crippen molar-refractivity contribution in [1.29, 1.82) is 0 Å². The van der Waals surface area contributed by atoms with Crippen molar-refractivity contribution in [3.8, 4) is 0 Å². The molecule has 0 saturated carbocycles. The lowest BCUT2D eigenvalue weighted by molar-refractivity contribution is -0.118. The third kappa shape index (κ3) is 2.48. The number of anilines is 1. The zero-order chi connectivity index (χ0) is 12.3. The Morgan fingerprint density at radius 3 is 2.94 bits per heavy atom. The summed E-state index contributed by atoms with van der Waals surface area (Å²) in [5, 5.41) is 3.17. The van der Waals surface area contributed by atoms with Crippen molar-refractivity contribution in [3.63, 3.8) is 0 Å². The fourth-order valence-electron chi connectivity index (χ4n) is 1.78. The summed E-state index contributed by atoms with van der Waals surface area (Å²) in [5.74, 6) is 0.124. The molecule has 17 heavy (non-hydrogen) atoms. The smallest absolute Gasteiger partial charge is 0.226 e. The molecule has 0 unspecified atom stereocenters. The van der Waals surface area contributed by atoms with Gasteiger partial charge in [-0.25, -0.2) is 0 Å². The lowest BCUT2D eigenvalue weighted by Crippen LogP contribution is -2.26. The molecule has 0 atom stereocenters. The van der Waals surface area contributed by atoms with E-state index < -0.39 is 0 Å². The zero-order valence-corrected chi connectivity index (χ0v) is 10.7. The Hall–Kier alpha value is -1.39. The molecule has 1 aromatic carbocycles. The highest BCUT2D eigenvalue weighted by Gasteiger charge is 2.14. The van der Waals surface area contributed by atoms with Gasteiger partial charge < -0.3 is 10.6 Å². The highest BCUT2D eigenvalue weighted by Crippen LogP contribution is 2.32. The van der Waals surface area contributed by atoms with Crippen molar-refractivity contribution in [2.24, 2.45) is 5.73 Å². The van der Waals surface area contributed by atoms with Crippen LogP contribution in [0.1, 0.15) is 12.8 Å². The first-order chi connectivity index (χ1) is 8.24. The highest BCUT2D eigenvalue weighted by molar-refractivity contribution is 7.17. The molecule has 0 saturated heterocycles. The quantitative estimate of drug-likeness (QED) is 0.904. The minimum Gasteiger partial charge on any atom is -0.330 e. The molecular weight excluding hydrogens is 232 g/mol. The second-order valence-electron chi connectivity index (χ2n) is 3.96. The van der Waals surface area contributed by atoms with Gasteiger partial charge in [0.25, 0.3) is 0 Å². The predicted octanol–water partition coefficient (Wildman–Crippen LogP) is 2.60. The Kier molecular flexibility index (Phi) is 3.76. The minimum atomic E-state index is 0.124. The van der Waals surface area contributed by atoms with E-state index in [2.05, 4.69) is 6.07 Å². The summed E-state index contributed by atoms with van der Waals surface area (Å²) in [5.41, 5.74) is 6.41. The molecule has 0 aliphatic carbocycles. The third-order valence-electron chi connectivity index (χ3n) is 2.79. The van der Waals surface area contributed by atoms with E-state index in [1.807, 2.05) is 30.6 Å². The van der Waals surface area contributed by atoms with Crippen LogP contribution in [0.5, 0.6) is 0 Å². The normalized spacial score (nSPS) is 10.7. The van der Waals surface area contributed by atoms with E-state index in [0.29, 0.717) is 13.0 Å². The van der Waals surface area contributed by atoms with Crippen LogP contribution in [0.3, 0.4) is 0 Å². The lowest BCUT2D eigenvalue weighted by Gasteiger charge is -2.16. The number of rotatable bonds is 4. The van der Waals surface area contributed by atoms with Crippen molar-refractivity contribution in [1.82, 2.24) is 0 Å². The largest absolute Gasteiger partial charge is 0.330 e. The Morgan fingerprint density at radius 1 is 1.41 bits per heavy atom. The molecule has 1 amide bonds. The molecule has 2 N–H and O–H groups in total. The number of amides is 1. The van der Waals surface area contributed by atoms with Gasteiger partial charge >= 0.3 is 0 Å². The molecule has 0 aliphatic heterocycles. The van der Waals surface area contributed by atoms with Gasteiger partial charge in [-0.1, -0.05) is 18.2 Å². The average molecular weight is 248 g/mol. The van der Waals surface area contributed by atoms with Gasteiger partial charge in [0.15, 0.2) is 0 Å². The van der Waals surface area contributed by atoms with Crippen LogP contribution in [-0.4, -0.2) is 19.5 Å². The fourth-order valence-corrected chi connectivity index (χ4v) is 2.76. The molecule has 2 rings (SSSR count). The van der Waals surface area contributed by atoms with Crippen LogP contribution < -0.4 is 10.6 Å². The van der Waals surface area contributed by atoms with Crippen LogP contribution in [-0.2, 0) is 4.79 Å². The number of hydrogen-bond donors (Lipinski definition) is 1. The first kappa shape index (κ1) is 12.1. The molecular formula is C13H16N2OS. The van der Waals surface area contributed by atoms with E-state index in [-0.39, 0.29) is 5.91 Å². The summed E-state index contributed by atoms with van der Waals surface area (Å²) < 4.78 is 1.21. The number of carbonyl (C=O) groups is 1. The van der Waals surface area contributed by atoms with Crippen molar-refractivity contribution < 1.29 is 4.79 Å². The summed E-state index contributed by atoms with van der Waals surface area (Å²) in [7, 11) is 1.83. The van der Waals surface area contributed by atoms with E-state index in [1.54, 1.807) is 16.2 Å². The number of carbonyl (C=O) groups excluding carboxylic acids is 1. The maximum atomic E-state index is 11.9. The van der Waals surface area contributed by atoms with Crippen LogP contribution in [0.2, 0.25) is 0 Å². The van der Waals surface area contributed by atoms with Crippen LogP contribution in [0, 0.1) is 0 Å². The summed E-state index contributed by atoms with van der Waals surface area (Å²) in [6, 6.07) is 8.13. The molecule has 1 heterocycles. The van der Waals surface area contributed by atoms with Gasteiger partial charge in [0.05, 0.1) is 5.69 Å². The maximum absolute atomic E-state index is 11.9. The lowest BCUT2D eigenvalue weighted by atomic mass is 10.2. The van der Waals surface area contributed by atoms with E-state index in [4.69, 9.17) is 5.73 Å². The highest BCUT2D eigenvalue weighted by atomic mass is 32.1. The second-order valence-corrected chi connectivity index (χ2v) is 4.87. The summed E-state index contributed by atoms with van der Waals surface area (Å²) in [6.07, 6.45) is 1.25. The first-order valence-electron chi connectivity index (χ1n) is 5.67. The fraction of sp³-hybridized carbons (Fsp3) is 0.308. The molecule has 90 valence electrons. The molecule has 3 nitrogen and oxygen atoms in total. The number of thiophene rings is 1. The Morgan fingerprint density at radius 2 is 2.18 bits per heavy atom. The number of benzene rings is 1. The van der Waals surface area contributed by atoms with E-state index in [0.717, 1.165) is 17.5 Å². The van der Waals surface area contributed by atoms with Gasteiger partial charge in [0, 0.05) is 28.9 Å². The SMILES string of the molecule is CN(C(=O)CCCN)c1csc2ccccc12. The zero-order valence-electron chi connectivity index (χ0n) is 9.85. The molecule has 1 aromatic heterocycles. The van der Waals surface area contributed by atoms with Gasteiger partial charge in [-0.15, -0.1) is 11.3 Å². The number of nitrogens with zero attached hydrogens (tertiary/aromatic N) is 1. The monoisotopic (exact) mass is 248 g/mol. The Balaban J connectivity index is 2.24. The van der Waals surface area contributed by atoms with Crippen molar-refractivity contribution in [2.45, 2.75) is 12.8 Å². The van der Waals surface area contributed by atoms with Crippen molar-refractivity contribution in [2.75, 3.05) is 18.5 Å². The van der Waals surface area contributed by atoms with E-state index in [9.17, 15) is 4.79 Å². The predicted molar refractivity (Wildman–Crippen MR) is 73.5 cm³/mol. The molecule has 0 bridgehead atoms. The summed E-state index contributed by atoms with van der Waals surface area (Å²) in [4.78, 5) is 13.6. The van der Waals surface area contributed by atoms with Crippen molar-refractivity contribution >= 4 is 33.0 Å². The second kappa shape index (κ2) is 5.29. The van der Waals surface area contributed by atoms with Gasteiger partial charge in [-0.2, -0.15) is 0 Å².